The van der Waals surface area contributed by atoms with Crippen molar-refractivity contribution < 1.29 is 4.79 Å². The second kappa shape index (κ2) is 8.81. The predicted octanol–water partition coefficient (Wildman–Crippen LogP) is 2.40. The van der Waals surface area contributed by atoms with Crippen LogP contribution in [0, 0.1) is 11.8 Å². The summed E-state index contributed by atoms with van der Waals surface area (Å²) in [6, 6.07) is -0.331. The smallest absolute Gasteiger partial charge is 0.236 e. The van der Waals surface area contributed by atoms with E-state index >= 15 is 0 Å². The molecule has 1 saturated carbocycles. The van der Waals surface area contributed by atoms with Crippen LogP contribution < -0.4 is 11.1 Å². The van der Waals surface area contributed by atoms with Crippen LogP contribution in [0.5, 0.6) is 0 Å². The summed E-state index contributed by atoms with van der Waals surface area (Å²) in [6.07, 6.45) is 9.32. The number of nitrogens with two attached hydrogens (primary N) is 1. The standard InChI is InChI=1S/C14H28N2OS/c1-11-4-3-5-12(10-11)6-8-16-14(17)13(15)7-9-18-2/h11-13H,3-10,15H2,1-2H3,(H,16,17)/t11?,12?,13-/m1/s1. The third-order valence-corrected chi connectivity index (χ3v) is 4.51. The van der Waals surface area contributed by atoms with Crippen molar-refractivity contribution >= 4 is 17.7 Å². The van der Waals surface area contributed by atoms with Crippen molar-refractivity contribution in [3.05, 3.63) is 0 Å². The first-order chi connectivity index (χ1) is 8.63. The molecule has 0 bridgehead atoms. The number of rotatable bonds is 7. The zero-order chi connectivity index (χ0) is 13.4. The van der Waals surface area contributed by atoms with Crippen LogP contribution in [0.2, 0.25) is 0 Å². The van der Waals surface area contributed by atoms with Gasteiger partial charge in [0.25, 0.3) is 0 Å². The Balaban J connectivity index is 2.11. The largest absolute Gasteiger partial charge is 0.355 e. The predicted molar refractivity (Wildman–Crippen MR) is 79.7 cm³/mol. The van der Waals surface area contributed by atoms with Crippen LogP contribution in [0.4, 0.5) is 0 Å². The van der Waals surface area contributed by atoms with Gasteiger partial charge in [0, 0.05) is 6.54 Å². The second-order valence-corrected chi connectivity index (χ2v) is 6.59. The van der Waals surface area contributed by atoms with Crippen molar-refractivity contribution in [3.8, 4) is 0 Å². The van der Waals surface area contributed by atoms with Gasteiger partial charge in [0.2, 0.25) is 5.91 Å². The molecule has 3 N–H and O–H groups in total. The zero-order valence-corrected chi connectivity index (χ0v) is 12.6. The number of carbonyl (C=O) groups excluding carboxylic acids is 1. The molecule has 0 aliphatic heterocycles. The van der Waals surface area contributed by atoms with Gasteiger partial charge in [-0.15, -0.1) is 0 Å². The molecule has 0 aromatic rings. The van der Waals surface area contributed by atoms with Gasteiger partial charge < -0.3 is 11.1 Å². The van der Waals surface area contributed by atoms with E-state index in [4.69, 9.17) is 5.73 Å². The maximum absolute atomic E-state index is 11.7. The van der Waals surface area contributed by atoms with Crippen molar-refractivity contribution in [1.82, 2.24) is 5.32 Å². The lowest BCUT2D eigenvalue weighted by atomic mass is 9.81. The Morgan fingerprint density at radius 1 is 1.50 bits per heavy atom. The fourth-order valence-electron chi connectivity index (χ4n) is 2.73. The van der Waals surface area contributed by atoms with Gasteiger partial charge in [0.05, 0.1) is 6.04 Å². The fraction of sp³-hybridized carbons (Fsp3) is 0.929. The van der Waals surface area contributed by atoms with E-state index in [0.29, 0.717) is 0 Å². The Kier molecular flexibility index (Phi) is 7.75. The van der Waals surface area contributed by atoms with Gasteiger partial charge in [-0.1, -0.05) is 26.2 Å². The van der Waals surface area contributed by atoms with E-state index in [-0.39, 0.29) is 11.9 Å². The molecule has 3 atom stereocenters. The quantitative estimate of drug-likeness (QED) is 0.748. The fourth-order valence-corrected chi connectivity index (χ4v) is 3.22. The molecule has 3 nitrogen and oxygen atoms in total. The molecule has 18 heavy (non-hydrogen) atoms. The Bertz CT molecular complexity index is 248. The number of hydrogen-bond acceptors (Lipinski definition) is 3. The van der Waals surface area contributed by atoms with Crippen molar-refractivity contribution in [1.29, 1.82) is 0 Å². The Morgan fingerprint density at radius 2 is 2.28 bits per heavy atom. The maximum atomic E-state index is 11.7. The molecule has 1 fully saturated rings. The minimum absolute atomic E-state index is 0.0212. The van der Waals surface area contributed by atoms with Crippen molar-refractivity contribution in [2.45, 2.75) is 51.5 Å². The van der Waals surface area contributed by atoms with Crippen LogP contribution in [-0.4, -0.2) is 30.5 Å². The molecule has 1 aliphatic carbocycles. The number of hydrogen-bond donors (Lipinski definition) is 2. The summed E-state index contributed by atoms with van der Waals surface area (Å²) in [5.74, 6) is 2.64. The molecule has 1 aliphatic rings. The average Bonchev–Trinajstić information content (AvgIpc) is 2.35. The maximum Gasteiger partial charge on any atom is 0.236 e. The lowest BCUT2D eigenvalue weighted by Gasteiger charge is -2.26. The van der Waals surface area contributed by atoms with E-state index in [9.17, 15) is 4.79 Å². The van der Waals surface area contributed by atoms with Crippen LogP contribution >= 0.6 is 11.8 Å². The number of thioether (sulfide) groups is 1. The third-order valence-electron chi connectivity index (χ3n) is 3.87. The van der Waals surface area contributed by atoms with E-state index in [2.05, 4.69) is 12.2 Å². The van der Waals surface area contributed by atoms with Crippen LogP contribution in [-0.2, 0) is 4.79 Å². The molecular formula is C14H28N2OS. The lowest BCUT2D eigenvalue weighted by molar-refractivity contribution is -0.122. The third kappa shape index (κ3) is 6.10. The first-order valence-corrected chi connectivity index (χ1v) is 8.55. The average molecular weight is 272 g/mol. The van der Waals surface area contributed by atoms with Crippen LogP contribution in [0.25, 0.3) is 0 Å². The molecule has 0 spiro atoms. The summed E-state index contributed by atoms with van der Waals surface area (Å²) in [5, 5.41) is 2.98. The van der Waals surface area contributed by atoms with Gasteiger partial charge in [-0.05, 0) is 43.1 Å². The molecule has 0 heterocycles. The monoisotopic (exact) mass is 272 g/mol. The summed E-state index contributed by atoms with van der Waals surface area (Å²) in [7, 11) is 0. The molecule has 0 saturated heterocycles. The summed E-state index contributed by atoms with van der Waals surface area (Å²) in [4.78, 5) is 11.7. The lowest BCUT2D eigenvalue weighted by Crippen LogP contribution is -2.41. The molecular weight excluding hydrogens is 244 g/mol. The van der Waals surface area contributed by atoms with Crippen LogP contribution in [0.3, 0.4) is 0 Å². The second-order valence-electron chi connectivity index (χ2n) is 5.61. The summed E-state index contributed by atoms with van der Waals surface area (Å²) in [6.45, 7) is 3.13. The molecule has 0 radical (unpaired) electrons. The highest BCUT2D eigenvalue weighted by Crippen LogP contribution is 2.30. The summed E-state index contributed by atoms with van der Waals surface area (Å²) < 4.78 is 0. The van der Waals surface area contributed by atoms with E-state index < -0.39 is 0 Å². The first kappa shape index (κ1) is 15.8. The van der Waals surface area contributed by atoms with E-state index in [1.807, 2.05) is 6.26 Å². The van der Waals surface area contributed by atoms with Crippen LogP contribution in [0.1, 0.15) is 45.4 Å². The molecule has 0 aromatic heterocycles. The Morgan fingerprint density at radius 3 is 2.94 bits per heavy atom. The van der Waals surface area contributed by atoms with E-state index in [1.54, 1.807) is 11.8 Å². The highest BCUT2D eigenvalue weighted by molar-refractivity contribution is 7.98. The highest BCUT2D eigenvalue weighted by Gasteiger charge is 2.19. The molecule has 0 aromatic carbocycles. The van der Waals surface area contributed by atoms with Gasteiger partial charge in [0.15, 0.2) is 0 Å². The van der Waals surface area contributed by atoms with Crippen molar-refractivity contribution in [3.63, 3.8) is 0 Å². The van der Waals surface area contributed by atoms with Gasteiger partial charge in [-0.2, -0.15) is 11.8 Å². The normalized spacial score (nSPS) is 25.7. The number of nitrogens with one attached hydrogen (secondary N) is 1. The van der Waals surface area contributed by atoms with Gasteiger partial charge in [-0.3, -0.25) is 4.79 Å². The molecule has 1 amide bonds. The van der Waals surface area contributed by atoms with E-state index in [0.717, 1.165) is 37.0 Å². The zero-order valence-electron chi connectivity index (χ0n) is 11.8. The van der Waals surface area contributed by atoms with Crippen molar-refractivity contribution in [2.75, 3.05) is 18.6 Å². The molecule has 106 valence electrons. The molecule has 4 heteroatoms. The summed E-state index contributed by atoms with van der Waals surface area (Å²) in [5.41, 5.74) is 5.82. The number of carbonyl (C=O) groups is 1. The SMILES string of the molecule is CSCC[C@@H](N)C(=O)NCCC1CCCC(C)C1. The summed E-state index contributed by atoms with van der Waals surface area (Å²) >= 11 is 1.73. The Hall–Kier alpha value is -0.220. The minimum Gasteiger partial charge on any atom is -0.355 e. The first-order valence-electron chi connectivity index (χ1n) is 7.15. The molecule has 2 unspecified atom stereocenters. The van der Waals surface area contributed by atoms with Gasteiger partial charge in [-0.25, -0.2) is 0 Å². The highest BCUT2D eigenvalue weighted by atomic mass is 32.2. The van der Waals surface area contributed by atoms with E-state index in [1.165, 1.54) is 25.7 Å². The van der Waals surface area contributed by atoms with Crippen LogP contribution in [0.15, 0.2) is 0 Å². The topological polar surface area (TPSA) is 55.1 Å². The van der Waals surface area contributed by atoms with Gasteiger partial charge >= 0.3 is 0 Å². The Labute approximate surface area is 116 Å². The minimum atomic E-state index is -0.331. The van der Waals surface area contributed by atoms with Crippen molar-refractivity contribution in [2.24, 2.45) is 17.6 Å². The van der Waals surface area contributed by atoms with Gasteiger partial charge in [0.1, 0.15) is 0 Å². The molecule has 1 rings (SSSR count). The number of amides is 1.